The lowest BCUT2D eigenvalue weighted by atomic mass is 9.93. The van der Waals surface area contributed by atoms with Gasteiger partial charge in [0.25, 0.3) is 0 Å². The third-order valence-corrected chi connectivity index (χ3v) is 4.35. The molecule has 2 atom stereocenters. The summed E-state index contributed by atoms with van der Waals surface area (Å²) in [6.07, 6.45) is 4.65. The van der Waals surface area contributed by atoms with Gasteiger partial charge >= 0.3 is 0 Å². The fraction of sp³-hybridized carbons (Fsp3) is 0.312. The lowest BCUT2D eigenvalue weighted by molar-refractivity contribution is 0.403. The topological polar surface area (TPSA) is 73.6 Å². The fourth-order valence-corrected chi connectivity index (χ4v) is 3.24. The minimum atomic E-state index is 0.235. The van der Waals surface area contributed by atoms with Gasteiger partial charge in [0.1, 0.15) is 5.75 Å². The molecule has 0 aliphatic carbocycles. The van der Waals surface area contributed by atoms with Crippen LogP contribution in [0.15, 0.2) is 41.6 Å². The van der Waals surface area contributed by atoms with E-state index in [1.165, 1.54) is 0 Å². The Balaban J connectivity index is 1.73. The summed E-state index contributed by atoms with van der Waals surface area (Å²) < 4.78 is 0. The number of anilines is 1. The molecule has 2 aliphatic heterocycles. The highest BCUT2D eigenvalue weighted by Gasteiger charge is 2.32. The standard InChI is InChI=1S/C16H17N5O/c22-15-5-1-4-14(16(15)13-3-2-7-17-20-13)21-8-6-12-11(10-21)9-18-19-12/h1-5,7,9,11-12,19,22H,6,8,10H2. The lowest BCUT2D eigenvalue weighted by Gasteiger charge is -2.36. The monoisotopic (exact) mass is 295 g/mol. The van der Waals surface area contributed by atoms with E-state index in [9.17, 15) is 5.11 Å². The normalized spacial score (nSPS) is 23.2. The van der Waals surface area contributed by atoms with Crippen LogP contribution in [0, 0.1) is 5.92 Å². The van der Waals surface area contributed by atoms with Gasteiger partial charge in [0, 0.05) is 37.1 Å². The van der Waals surface area contributed by atoms with Crippen molar-refractivity contribution >= 4 is 11.9 Å². The van der Waals surface area contributed by atoms with E-state index in [1.54, 1.807) is 12.3 Å². The highest BCUT2D eigenvalue weighted by molar-refractivity contribution is 5.82. The molecular weight excluding hydrogens is 278 g/mol. The first-order valence-corrected chi connectivity index (χ1v) is 7.46. The molecule has 2 aliphatic rings. The highest BCUT2D eigenvalue weighted by Crippen LogP contribution is 2.38. The van der Waals surface area contributed by atoms with Crippen molar-refractivity contribution in [2.75, 3.05) is 18.0 Å². The molecule has 3 heterocycles. The molecule has 0 radical (unpaired) electrons. The van der Waals surface area contributed by atoms with Gasteiger partial charge in [0.05, 0.1) is 17.3 Å². The summed E-state index contributed by atoms with van der Waals surface area (Å²) in [4.78, 5) is 2.30. The summed E-state index contributed by atoms with van der Waals surface area (Å²) in [6, 6.07) is 9.74. The second kappa shape index (κ2) is 5.29. The fourth-order valence-electron chi connectivity index (χ4n) is 3.24. The number of nitrogens with one attached hydrogen (secondary N) is 1. The zero-order valence-corrected chi connectivity index (χ0v) is 12.1. The Hall–Kier alpha value is -2.63. The molecule has 0 amide bonds. The average Bonchev–Trinajstić information content (AvgIpc) is 3.03. The van der Waals surface area contributed by atoms with Crippen LogP contribution < -0.4 is 10.3 Å². The van der Waals surface area contributed by atoms with E-state index < -0.39 is 0 Å². The van der Waals surface area contributed by atoms with Gasteiger partial charge in [0.15, 0.2) is 0 Å². The number of fused-ring (bicyclic) bond motifs is 1. The average molecular weight is 295 g/mol. The number of hydrogen-bond acceptors (Lipinski definition) is 6. The molecule has 1 aromatic heterocycles. The molecule has 0 bridgehead atoms. The maximum absolute atomic E-state index is 10.3. The van der Waals surface area contributed by atoms with Crippen molar-refractivity contribution in [1.29, 1.82) is 0 Å². The van der Waals surface area contributed by atoms with E-state index in [4.69, 9.17) is 0 Å². The predicted molar refractivity (Wildman–Crippen MR) is 84.9 cm³/mol. The van der Waals surface area contributed by atoms with Crippen molar-refractivity contribution in [2.45, 2.75) is 12.5 Å². The largest absolute Gasteiger partial charge is 0.507 e. The Kier molecular flexibility index (Phi) is 3.14. The van der Waals surface area contributed by atoms with Crippen LogP contribution in [0.4, 0.5) is 5.69 Å². The maximum Gasteiger partial charge on any atom is 0.127 e. The molecule has 1 fully saturated rings. The molecule has 1 aromatic carbocycles. The molecule has 6 heteroatoms. The number of aromatic hydroxyl groups is 1. The van der Waals surface area contributed by atoms with Crippen LogP contribution in [0.2, 0.25) is 0 Å². The maximum atomic E-state index is 10.3. The molecule has 4 rings (SSSR count). The minimum Gasteiger partial charge on any atom is -0.507 e. The van der Waals surface area contributed by atoms with Gasteiger partial charge in [-0.3, -0.25) is 0 Å². The first-order valence-electron chi connectivity index (χ1n) is 7.46. The van der Waals surface area contributed by atoms with Gasteiger partial charge in [-0.15, -0.1) is 0 Å². The van der Waals surface area contributed by atoms with Gasteiger partial charge in [-0.05, 0) is 30.7 Å². The zero-order valence-electron chi connectivity index (χ0n) is 12.1. The summed E-state index contributed by atoms with van der Waals surface area (Å²) in [5, 5.41) is 22.6. The van der Waals surface area contributed by atoms with Crippen molar-refractivity contribution in [2.24, 2.45) is 11.0 Å². The van der Waals surface area contributed by atoms with Crippen LogP contribution in [-0.2, 0) is 0 Å². The van der Waals surface area contributed by atoms with E-state index in [1.807, 2.05) is 30.5 Å². The van der Waals surface area contributed by atoms with E-state index in [0.717, 1.165) is 30.8 Å². The third kappa shape index (κ3) is 2.16. The summed E-state index contributed by atoms with van der Waals surface area (Å²) in [7, 11) is 0. The van der Waals surface area contributed by atoms with Crippen LogP contribution in [0.25, 0.3) is 11.3 Å². The molecule has 2 N–H and O–H groups in total. The van der Waals surface area contributed by atoms with Gasteiger partial charge in [-0.2, -0.15) is 15.3 Å². The quantitative estimate of drug-likeness (QED) is 0.881. The van der Waals surface area contributed by atoms with Crippen molar-refractivity contribution in [3.05, 3.63) is 36.5 Å². The van der Waals surface area contributed by atoms with Gasteiger partial charge in [0.2, 0.25) is 0 Å². The number of phenols is 1. The Morgan fingerprint density at radius 3 is 3.05 bits per heavy atom. The van der Waals surface area contributed by atoms with Crippen LogP contribution in [0.5, 0.6) is 5.75 Å². The molecule has 2 aromatic rings. The Morgan fingerprint density at radius 2 is 2.18 bits per heavy atom. The second-order valence-electron chi connectivity index (χ2n) is 5.69. The van der Waals surface area contributed by atoms with E-state index >= 15 is 0 Å². The Bertz CT molecular complexity index is 703. The first kappa shape index (κ1) is 13.1. The van der Waals surface area contributed by atoms with Crippen LogP contribution in [-0.4, -0.2) is 40.6 Å². The first-order chi connectivity index (χ1) is 10.8. The number of aromatic nitrogens is 2. The Morgan fingerprint density at radius 1 is 1.23 bits per heavy atom. The summed E-state index contributed by atoms with van der Waals surface area (Å²) in [6.45, 7) is 1.81. The number of hydrogen-bond donors (Lipinski definition) is 2. The molecule has 0 saturated carbocycles. The summed E-state index contributed by atoms with van der Waals surface area (Å²) >= 11 is 0. The predicted octanol–water partition coefficient (Wildman–Crippen LogP) is 1.63. The zero-order chi connectivity index (χ0) is 14.9. The highest BCUT2D eigenvalue weighted by atomic mass is 16.3. The lowest BCUT2D eigenvalue weighted by Crippen LogP contribution is -2.45. The van der Waals surface area contributed by atoms with E-state index in [-0.39, 0.29) is 5.75 Å². The molecule has 22 heavy (non-hydrogen) atoms. The molecule has 112 valence electrons. The number of nitrogens with zero attached hydrogens (tertiary/aromatic N) is 4. The number of hydrazone groups is 1. The third-order valence-electron chi connectivity index (χ3n) is 4.35. The van der Waals surface area contributed by atoms with Crippen LogP contribution >= 0.6 is 0 Å². The van der Waals surface area contributed by atoms with Crippen LogP contribution in [0.1, 0.15) is 6.42 Å². The van der Waals surface area contributed by atoms with E-state index in [0.29, 0.717) is 17.7 Å². The minimum absolute atomic E-state index is 0.235. The Labute approximate surface area is 128 Å². The van der Waals surface area contributed by atoms with Gasteiger partial charge < -0.3 is 15.4 Å². The van der Waals surface area contributed by atoms with Crippen molar-refractivity contribution in [1.82, 2.24) is 15.6 Å². The molecule has 6 nitrogen and oxygen atoms in total. The molecule has 0 spiro atoms. The number of piperidine rings is 1. The molecule has 2 unspecified atom stereocenters. The molecular formula is C16H17N5O. The number of rotatable bonds is 2. The summed E-state index contributed by atoms with van der Waals surface area (Å²) in [5.41, 5.74) is 5.60. The van der Waals surface area contributed by atoms with Crippen molar-refractivity contribution < 1.29 is 5.11 Å². The van der Waals surface area contributed by atoms with Gasteiger partial charge in [-0.25, -0.2) is 0 Å². The smallest absolute Gasteiger partial charge is 0.127 e. The second-order valence-corrected chi connectivity index (χ2v) is 5.69. The SMILES string of the molecule is Oc1cccc(N2CCC3NN=CC3C2)c1-c1cccnn1. The number of benzene rings is 1. The van der Waals surface area contributed by atoms with Gasteiger partial charge in [-0.1, -0.05) is 6.07 Å². The van der Waals surface area contributed by atoms with Crippen molar-refractivity contribution in [3.8, 4) is 17.0 Å². The number of phenolic OH excluding ortho intramolecular Hbond substituents is 1. The van der Waals surface area contributed by atoms with Crippen LogP contribution in [0.3, 0.4) is 0 Å². The summed E-state index contributed by atoms with van der Waals surface area (Å²) in [5.74, 6) is 0.643. The van der Waals surface area contributed by atoms with E-state index in [2.05, 4.69) is 25.6 Å². The van der Waals surface area contributed by atoms with Crippen molar-refractivity contribution in [3.63, 3.8) is 0 Å². The molecule has 1 saturated heterocycles.